The van der Waals surface area contributed by atoms with Gasteiger partial charge in [-0.1, -0.05) is 0 Å². The van der Waals surface area contributed by atoms with Crippen LogP contribution in [0, 0.1) is 4.91 Å². The quantitative estimate of drug-likeness (QED) is 0.514. The highest BCUT2D eigenvalue weighted by Gasteiger charge is 2.06. The number of rotatable bonds is 2. The summed E-state index contributed by atoms with van der Waals surface area (Å²) in [6, 6.07) is 3.89. The van der Waals surface area contributed by atoms with Gasteiger partial charge in [-0.25, -0.2) is 5.01 Å². The molecule has 0 radical (unpaired) electrons. The van der Waals surface area contributed by atoms with Crippen molar-refractivity contribution in [3.8, 4) is 11.5 Å². The van der Waals surface area contributed by atoms with Crippen molar-refractivity contribution in [1.82, 2.24) is 0 Å². The number of aromatic hydroxyl groups is 2. The molecule has 2 N–H and O–H groups in total. The van der Waals surface area contributed by atoms with Crippen LogP contribution in [-0.2, 0) is 0 Å². The number of benzene rings is 1. The summed E-state index contributed by atoms with van der Waals surface area (Å²) in [6.45, 7) is 0. The van der Waals surface area contributed by atoms with Crippen molar-refractivity contribution < 1.29 is 10.2 Å². The predicted molar refractivity (Wildman–Crippen MR) is 44.0 cm³/mol. The number of phenolic OH excluding ortho intramolecular Hbond substituents is 2. The first-order valence-corrected chi connectivity index (χ1v) is 3.24. The Morgan fingerprint density at radius 2 is 2.08 bits per heavy atom. The third kappa shape index (κ3) is 1.45. The molecule has 1 rings (SSSR count). The Morgan fingerprint density at radius 1 is 1.42 bits per heavy atom. The summed E-state index contributed by atoms with van der Waals surface area (Å²) in [5, 5.41) is 21.7. The highest BCUT2D eigenvalue weighted by Crippen LogP contribution is 2.29. The van der Waals surface area contributed by atoms with Gasteiger partial charge < -0.3 is 10.2 Å². The molecule has 64 valence electrons. The van der Waals surface area contributed by atoms with Crippen LogP contribution >= 0.6 is 0 Å². The lowest BCUT2D eigenvalue weighted by Crippen LogP contribution is -2.06. The van der Waals surface area contributed by atoms with Crippen LogP contribution in [0.3, 0.4) is 0 Å². The first kappa shape index (κ1) is 8.32. The normalized spacial score (nSPS) is 9.42. The summed E-state index contributed by atoms with van der Waals surface area (Å²) >= 11 is 0. The molecule has 0 aromatic heterocycles. The summed E-state index contributed by atoms with van der Waals surface area (Å²) < 4.78 is 0. The van der Waals surface area contributed by atoms with Crippen molar-refractivity contribution in [3.63, 3.8) is 0 Å². The van der Waals surface area contributed by atoms with Crippen molar-refractivity contribution in [1.29, 1.82) is 0 Å². The molecule has 12 heavy (non-hydrogen) atoms. The van der Waals surface area contributed by atoms with Gasteiger partial charge in [-0.3, -0.25) is 0 Å². The fraction of sp³-hybridized carbons (Fsp3) is 0.143. The van der Waals surface area contributed by atoms with Crippen LogP contribution < -0.4 is 5.01 Å². The van der Waals surface area contributed by atoms with Crippen molar-refractivity contribution in [2.45, 2.75) is 0 Å². The summed E-state index contributed by atoms with van der Waals surface area (Å²) in [7, 11) is 1.40. The number of phenols is 2. The average Bonchev–Trinajstić information content (AvgIpc) is 2.03. The minimum atomic E-state index is -0.183. The molecule has 0 atom stereocenters. The number of nitroso groups, excluding NO2 is 1. The molecule has 0 bridgehead atoms. The number of nitrogens with zero attached hydrogens (tertiary/aromatic N) is 2. The predicted octanol–water partition coefficient (Wildman–Crippen LogP) is 1.22. The fourth-order valence-electron chi connectivity index (χ4n) is 0.829. The van der Waals surface area contributed by atoms with Crippen LogP contribution in [0.4, 0.5) is 5.69 Å². The molecule has 0 amide bonds. The molecule has 0 fully saturated rings. The topological polar surface area (TPSA) is 73.1 Å². The Balaban J connectivity index is 3.09. The first-order valence-electron chi connectivity index (χ1n) is 3.24. The second kappa shape index (κ2) is 3.08. The van der Waals surface area contributed by atoms with Crippen LogP contribution in [0.15, 0.2) is 23.5 Å². The van der Waals surface area contributed by atoms with Crippen molar-refractivity contribution in [2.24, 2.45) is 5.29 Å². The van der Waals surface area contributed by atoms with Crippen LogP contribution in [0.5, 0.6) is 11.5 Å². The molecule has 0 heterocycles. The minimum Gasteiger partial charge on any atom is -0.508 e. The monoisotopic (exact) mass is 168 g/mol. The van der Waals surface area contributed by atoms with E-state index in [1.54, 1.807) is 0 Å². The van der Waals surface area contributed by atoms with Gasteiger partial charge in [-0.05, 0) is 12.1 Å². The van der Waals surface area contributed by atoms with Crippen LogP contribution in [0.2, 0.25) is 0 Å². The summed E-state index contributed by atoms with van der Waals surface area (Å²) in [4.78, 5) is 10.0. The van der Waals surface area contributed by atoms with Crippen LogP contribution in [-0.4, -0.2) is 17.3 Å². The molecule has 5 heteroatoms. The molecule has 0 aliphatic rings. The van der Waals surface area contributed by atoms with E-state index in [9.17, 15) is 10.0 Å². The van der Waals surface area contributed by atoms with E-state index in [4.69, 9.17) is 5.11 Å². The maximum Gasteiger partial charge on any atom is 0.144 e. The summed E-state index contributed by atoms with van der Waals surface area (Å²) in [6.07, 6.45) is 0. The van der Waals surface area contributed by atoms with Crippen molar-refractivity contribution in [3.05, 3.63) is 23.1 Å². The largest absolute Gasteiger partial charge is 0.508 e. The highest BCUT2D eigenvalue weighted by molar-refractivity contribution is 5.58. The molecular weight excluding hydrogens is 160 g/mol. The zero-order valence-corrected chi connectivity index (χ0v) is 6.43. The maximum absolute atomic E-state index is 10.0. The van der Waals surface area contributed by atoms with Gasteiger partial charge in [0.05, 0.1) is 5.29 Å². The summed E-state index contributed by atoms with van der Waals surface area (Å²) in [5.74, 6) is -0.243. The van der Waals surface area contributed by atoms with E-state index in [-0.39, 0.29) is 17.2 Å². The molecule has 1 aromatic carbocycles. The number of hydrogen-bond acceptors (Lipinski definition) is 4. The Labute approximate surface area is 68.8 Å². The van der Waals surface area contributed by atoms with Crippen molar-refractivity contribution in [2.75, 3.05) is 12.1 Å². The van der Waals surface area contributed by atoms with Gasteiger partial charge in [0.15, 0.2) is 0 Å². The Morgan fingerprint density at radius 3 is 2.58 bits per heavy atom. The second-order valence-corrected chi connectivity index (χ2v) is 2.28. The molecule has 0 saturated carbocycles. The van der Waals surface area contributed by atoms with E-state index >= 15 is 0 Å². The lowest BCUT2D eigenvalue weighted by Gasteiger charge is -2.09. The zero-order chi connectivity index (χ0) is 9.14. The third-order valence-corrected chi connectivity index (χ3v) is 1.43. The number of anilines is 1. The lowest BCUT2D eigenvalue weighted by atomic mass is 10.3. The zero-order valence-electron chi connectivity index (χ0n) is 6.43. The molecule has 0 unspecified atom stereocenters. The van der Waals surface area contributed by atoms with Crippen LogP contribution in [0.1, 0.15) is 0 Å². The van der Waals surface area contributed by atoms with Gasteiger partial charge in [0, 0.05) is 13.1 Å². The van der Waals surface area contributed by atoms with E-state index in [0.717, 1.165) is 11.1 Å². The Hall–Kier alpha value is -1.78. The van der Waals surface area contributed by atoms with Crippen molar-refractivity contribution >= 4 is 5.69 Å². The molecule has 0 aliphatic carbocycles. The van der Waals surface area contributed by atoms with E-state index in [1.165, 1.54) is 19.2 Å². The van der Waals surface area contributed by atoms with E-state index in [1.807, 2.05) is 0 Å². The van der Waals surface area contributed by atoms with Gasteiger partial charge in [-0.15, -0.1) is 4.91 Å². The second-order valence-electron chi connectivity index (χ2n) is 2.28. The first-order chi connectivity index (χ1) is 5.65. The Kier molecular flexibility index (Phi) is 2.14. The van der Waals surface area contributed by atoms with Gasteiger partial charge in [0.1, 0.15) is 17.2 Å². The fourth-order valence-corrected chi connectivity index (χ4v) is 0.829. The average molecular weight is 168 g/mol. The SMILES string of the molecule is CN(N=O)c1ccc(O)cc1O. The minimum absolute atomic E-state index is 0.0597. The van der Waals surface area contributed by atoms with Gasteiger partial charge >= 0.3 is 0 Å². The summed E-state index contributed by atoms with van der Waals surface area (Å²) in [5.41, 5.74) is 0.253. The molecule has 5 nitrogen and oxygen atoms in total. The van der Waals surface area contributed by atoms with Gasteiger partial charge in [-0.2, -0.15) is 0 Å². The molecular formula is C7H8N2O3. The van der Waals surface area contributed by atoms with E-state index in [2.05, 4.69) is 5.29 Å². The van der Waals surface area contributed by atoms with E-state index < -0.39 is 0 Å². The van der Waals surface area contributed by atoms with Crippen LogP contribution in [0.25, 0.3) is 0 Å². The standard InChI is InChI=1S/C7H8N2O3/c1-9(8-12)6-3-2-5(10)4-7(6)11/h2-4,10-11H,1H3. The third-order valence-electron chi connectivity index (χ3n) is 1.43. The van der Waals surface area contributed by atoms with Gasteiger partial charge in [0.2, 0.25) is 0 Å². The van der Waals surface area contributed by atoms with E-state index in [0.29, 0.717) is 0 Å². The number of hydrogen-bond donors (Lipinski definition) is 2. The molecule has 0 aliphatic heterocycles. The Bertz CT molecular complexity index is 301. The molecule has 1 aromatic rings. The highest BCUT2D eigenvalue weighted by atomic mass is 16.3. The lowest BCUT2D eigenvalue weighted by molar-refractivity contribution is 0.450. The van der Waals surface area contributed by atoms with Gasteiger partial charge in [0.25, 0.3) is 0 Å². The molecule has 0 spiro atoms. The molecule has 0 saturated heterocycles. The smallest absolute Gasteiger partial charge is 0.144 e. The maximum atomic E-state index is 10.0.